The average molecular weight is 207 g/mol. The fourth-order valence-electron chi connectivity index (χ4n) is 1.65. The van der Waals surface area contributed by atoms with E-state index in [9.17, 15) is 4.79 Å². The van der Waals surface area contributed by atoms with Crippen LogP contribution < -0.4 is 5.73 Å². The Labute approximate surface area is 89.9 Å². The van der Waals surface area contributed by atoms with E-state index in [1.165, 1.54) is 11.1 Å². The van der Waals surface area contributed by atoms with Gasteiger partial charge in [-0.05, 0) is 31.4 Å². The topological polar surface area (TPSA) is 63.3 Å². The van der Waals surface area contributed by atoms with Crippen molar-refractivity contribution in [1.82, 2.24) is 0 Å². The molecule has 0 heterocycles. The number of benzene rings is 1. The molecular formula is C12H17NO2. The van der Waals surface area contributed by atoms with Gasteiger partial charge in [-0.2, -0.15) is 0 Å². The van der Waals surface area contributed by atoms with Gasteiger partial charge in [-0.1, -0.05) is 23.8 Å². The summed E-state index contributed by atoms with van der Waals surface area (Å²) in [6.45, 7) is 4.06. The van der Waals surface area contributed by atoms with E-state index in [4.69, 9.17) is 10.8 Å². The third-order valence-electron chi connectivity index (χ3n) is 2.42. The van der Waals surface area contributed by atoms with Gasteiger partial charge in [0.05, 0.1) is 6.42 Å². The number of carboxylic acid groups (broad SMARTS) is 1. The molecule has 1 aromatic carbocycles. The van der Waals surface area contributed by atoms with E-state index in [0.717, 1.165) is 5.56 Å². The number of hydrogen-bond donors (Lipinski definition) is 2. The van der Waals surface area contributed by atoms with Gasteiger partial charge in [0.25, 0.3) is 0 Å². The highest BCUT2D eigenvalue weighted by Crippen LogP contribution is 2.12. The van der Waals surface area contributed by atoms with Crippen LogP contribution in [-0.2, 0) is 11.2 Å². The van der Waals surface area contributed by atoms with Crippen LogP contribution >= 0.6 is 0 Å². The predicted octanol–water partition coefficient (Wildman–Crippen LogP) is 1.65. The molecule has 1 rings (SSSR count). The maximum atomic E-state index is 10.5. The highest BCUT2D eigenvalue weighted by molar-refractivity contribution is 5.67. The summed E-state index contributed by atoms with van der Waals surface area (Å²) in [5.74, 6) is -0.840. The zero-order valence-electron chi connectivity index (χ0n) is 9.16. The van der Waals surface area contributed by atoms with Crippen molar-refractivity contribution < 1.29 is 9.90 Å². The minimum absolute atomic E-state index is 0.0211. The molecule has 0 bridgehead atoms. The van der Waals surface area contributed by atoms with Crippen LogP contribution in [0.3, 0.4) is 0 Å². The summed E-state index contributed by atoms with van der Waals surface area (Å²) in [4.78, 5) is 10.5. The Kier molecular flexibility index (Phi) is 3.86. The van der Waals surface area contributed by atoms with E-state index in [1.54, 1.807) is 0 Å². The third-order valence-corrected chi connectivity index (χ3v) is 2.42. The van der Waals surface area contributed by atoms with Crippen molar-refractivity contribution in [2.45, 2.75) is 32.7 Å². The van der Waals surface area contributed by atoms with Crippen LogP contribution in [0, 0.1) is 13.8 Å². The molecule has 0 aliphatic rings. The maximum absolute atomic E-state index is 10.5. The minimum atomic E-state index is -0.840. The van der Waals surface area contributed by atoms with Crippen LogP contribution in [-0.4, -0.2) is 17.1 Å². The minimum Gasteiger partial charge on any atom is -0.481 e. The second-order valence-corrected chi connectivity index (χ2v) is 3.99. The molecule has 0 radical (unpaired) electrons. The summed E-state index contributed by atoms with van der Waals surface area (Å²) in [5.41, 5.74) is 9.25. The normalized spacial score (nSPS) is 12.5. The molecule has 0 amide bonds. The first kappa shape index (κ1) is 11.7. The second-order valence-electron chi connectivity index (χ2n) is 3.99. The Hall–Kier alpha value is -1.35. The number of nitrogens with two attached hydrogens (primary N) is 1. The average Bonchev–Trinajstić information content (AvgIpc) is 2.08. The van der Waals surface area contributed by atoms with E-state index in [0.29, 0.717) is 6.42 Å². The first-order chi connectivity index (χ1) is 6.99. The van der Waals surface area contributed by atoms with Crippen molar-refractivity contribution in [3.8, 4) is 0 Å². The number of rotatable bonds is 4. The fourth-order valence-corrected chi connectivity index (χ4v) is 1.65. The molecule has 3 N–H and O–H groups in total. The number of aliphatic carboxylic acids is 1. The van der Waals surface area contributed by atoms with Crippen molar-refractivity contribution in [2.75, 3.05) is 0 Å². The Morgan fingerprint density at radius 1 is 1.47 bits per heavy atom. The lowest BCUT2D eigenvalue weighted by molar-refractivity contribution is -0.137. The Balaban J connectivity index is 2.68. The predicted molar refractivity (Wildman–Crippen MR) is 59.8 cm³/mol. The molecule has 15 heavy (non-hydrogen) atoms. The quantitative estimate of drug-likeness (QED) is 0.789. The maximum Gasteiger partial charge on any atom is 0.304 e. The SMILES string of the molecule is Cc1ccc(CC(N)CC(=O)O)c(C)c1. The smallest absolute Gasteiger partial charge is 0.304 e. The standard InChI is InChI=1S/C12H17NO2/c1-8-3-4-10(9(2)5-8)6-11(13)7-12(14)15/h3-5,11H,6-7,13H2,1-2H3,(H,14,15). The van der Waals surface area contributed by atoms with E-state index >= 15 is 0 Å². The number of hydrogen-bond acceptors (Lipinski definition) is 2. The van der Waals surface area contributed by atoms with Gasteiger partial charge in [-0.25, -0.2) is 0 Å². The molecule has 3 nitrogen and oxygen atoms in total. The molecule has 1 atom stereocenters. The molecule has 0 saturated carbocycles. The van der Waals surface area contributed by atoms with Gasteiger partial charge in [0.15, 0.2) is 0 Å². The van der Waals surface area contributed by atoms with Gasteiger partial charge < -0.3 is 10.8 Å². The van der Waals surface area contributed by atoms with Gasteiger partial charge in [0.1, 0.15) is 0 Å². The summed E-state index contributed by atoms with van der Waals surface area (Å²) in [6, 6.07) is 5.83. The lowest BCUT2D eigenvalue weighted by Gasteiger charge is -2.11. The second kappa shape index (κ2) is 4.94. The fraction of sp³-hybridized carbons (Fsp3) is 0.417. The largest absolute Gasteiger partial charge is 0.481 e. The van der Waals surface area contributed by atoms with Gasteiger partial charge in [0.2, 0.25) is 0 Å². The summed E-state index contributed by atoms with van der Waals surface area (Å²) in [6.07, 6.45) is 0.645. The molecule has 82 valence electrons. The molecule has 0 aliphatic heterocycles. The third kappa shape index (κ3) is 3.72. The van der Waals surface area contributed by atoms with Gasteiger partial charge in [-0.3, -0.25) is 4.79 Å². The van der Waals surface area contributed by atoms with Crippen LogP contribution in [0.15, 0.2) is 18.2 Å². The van der Waals surface area contributed by atoms with Gasteiger partial charge in [-0.15, -0.1) is 0 Å². The zero-order valence-corrected chi connectivity index (χ0v) is 9.16. The van der Waals surface area contributed by atoms with E-state index in [-0.39, 0.29) is 12.5 Å². The summed E-state index contributed by atoms with van der Waals surface area (Å²) < 4.78 is 0. The Morgan fingerprint density at radius 2 is 2.13 bits per heavy atom. The molecule has 0 saturated heterocycles. The van der Waals surface area contributed by atoms with E-state index in [1.807, 2.05) is 26.0 Å². The monoisotopic (exact) mass is 207 g/mol. The van der Waals surface area contributed by atoms with Crippen molar-refractivity contribution in [2.24, 2.45) is 5.73 Å². The highest BCUT2D eigenvalue weighted by Gasteiger charge is 2.10. The van der Waals surface area contributed by atoms with Crippen LogP contribution in [0.25, 0.3) is 0 Å². The molecule has 1 aromatic rings. The van der Waals surface area contributed by atoms with Crippen LogP contribution in [0.5, 0.6) is 0 Å². The lowest BCUT2D eigenvalue weighted by atomic mass is 9.98. The van der Waals surface area contributed by atoms with Crippen molar-refractivity contribution in [1.29, 1.82) is 0 Å². The zero-order chi connectivity index (χ0) is 11.4. The van der Waals surface area contributed by atoms with E-state index in [2.05, 4.69) is 6.07 Å². The Bertz CT molecular complexity index is 361. The molecule has 3 heteroatoms. The molecule has 0 fully saturated rings. The first-order valence-electron chi connectivity index (χ1n) is 5.02. The summed E-state index contributed by atoms with van der Waals surface area (Å²) in [7, 11) is 0. The van der Waals surface area contributed by atoms with Crippen molar-refractivity contribution >= 4 is 5.97 Å². The molecular weight excluding hydrogens is 190 g/mol. The number of carboxylic acids is 1. The van der Waals surface area contributed by atoms with Crippen LogP contribution in [0.1, 0.15) is 23.1 Å². The molecule has 0 aromatic heterocycles. The molecule has 1 unspecified atom stereocenters. The number of carbonyl (C=O) groups is 1. The highest BCUT2D eigenvalue weighted by atomic mass is 16.4. The molecule has 0 spiro atoms. The van der Waals surface area contributed by atoms with Gasteiger partial charge in [0, 0.05) is 6.04 Å². The van der Waals surface area contributed by atoms with Crippen LogP contribution in [0.2, 0.25) is 0 Å². The Morgan fingerprint density at radius 3 is 2.67 bits per heavy atom. The van der Waals surface area contributed by atoms with E-state index < -0.39 is 5.97 Å². The number of aryl methyl sites for hydroxylation is 2. The lowest BCUT2D eigenvalue weighted by Crippen LogP contribution is -2.26. The van der Waals surface area contributed by atoms with Crippen molar-refractivity contribution in [3.63, 3.8) is 0 Å². The summed E-state index contributed by atoms with van der Waals surface area (Å²) in [5, 5.41) is 8.60. The van der Waals surface area contributed by atoms with Crippen LogP contribution in [0.4, 0.5) is 0 Å². The van der Waals surface area contributed by atoms with Gasteiger partial charge >= 0.3 is 5.97 Å². The first-order valence-corrected chi connectivity index (χ1v) is 5.02. The molecule has 0 aliphatic carbocycles. The summed E-state index contributed by atoms with van der Waals surface area (Å²) >= 11 is 0. The van der Waals surface area contributed by atoms with Crippen molar-refractivity contribution in [3.05, 3.63) is 34.9 Å².